The Hall–Kier alpha value is -1.36. The van der Waals surface area contributed by atoms with Gasteiger partial charge in [0.15, 0.2) is 5.82 Å². The molecule has 5 nitrogen and oxygen atoms in total. The SMILES string of the molecule is COCc1nc(N)cc(NC(C)CCC(C)C)n1. The van der Waals surface area contributed by atoms with Crippen molar-refractivity contribution in [2.75, 3.05) is 18.2 Å². The summed E-state index contributed by atoms with van der Waals surface area (Å²) >= 11 is 0. The van der Waals surface area contributed by atoms with Gasteiger partial charge >= 0.3 is 0 Å². The monoisotopic (exact) mass is 252 g/mol. The summed E-state index contributed by atoms with van der Waals surface area (Å²) in [5.74, 6) is 2.56. The van der Waals surface area contributed by atoms with Crippen LogP contribution in [0, 0.1) is 5.92 Å². The Bertz CT molecular complexity index is 368. The number of nitrogen functional groups attached to an aromatic ring is 1. The number of anilines is 2. The van der Waals surface area contributed by atoms with E-state index in [4.69, 9.17) is 10.5 Å². The molecule has 0 saturated carbocycles. The van der Waals surface area contributed by atoms with Crippen LogP contribution < -0.4 is 11.1 Å². The number of methoxy groups -OCH3 is 1. The van der Waals surface area contributed by atoms with Crippen molar-refractivity contribution in [1.29, 1.82) is 0 Å². The normalized spacial score (nSPS) is 12.7. The maximum Gasteiger partial charge on any atom is 0.158 e. The standard InChI is InChI=1S/C13H24N4O/c1-9(2)5-6-10(3)15-12-7-11(14)16-13(17-12)8-18-4/h7,9-10H,5-6,8H2,1-4H3,(H3,14,15,16,17). The van der Waals surface area contributed by atoms with Gasteiger partial charge in [0.05, 0.1) is 0 Å². The fourth-order valence-corrected chi connectivity index (χ4v) is 1.69. The molecule has 0 aliphatic carbocycles. The molecule has 102 valence electrons. The summed E-state index contributed by atoms with van der Waals surface area (Å²) in [6, 6.07) is 2.13. The molecule has 0 aliphatic heterocycles. The van der Waals surface area contributed by atoms with E-state index in [9.17, 15) is 0 Å². The molecule has 1 aromatic rings. The third-order valence-electron chi connectivity index (χ3n) is 2.64. The molecular formula is C13H24N4O. The molecule has 0 aliphatic rings. The van der Waals surface area contributed by atoms with Crippen molar-refractivity contribution in [1.82, 2.24) is 9.97 Å². The highest BCUT2D eigenvalue weighted by molar-refractivity contribution is 5.45. The fraction of sp³-hybridized carbons (Fsp3) is 0.692. The molecule has 0 amide bonds. The summed E-state index contributed by atoms with van der Waals surface area (Å²) in [6.45, 7) is 6.98. The van der Waals surface area contributed by atoms with E-state index in [1.165, 1.54) is 6.42 Å². The van der Waals surface area contributed by atoms with Gasteiger partial charge in [-0.1, -0.05) is 13.8 Å². The van der Waals surface area contributed by atoms with E-state index >= 15 is 0 Å². The van der Waals surface area contributed by atoms with E-state index in [1.54, 1.807) is 13.2 Å². The van der Waals surface area contributed by atoms with Gasteiger partial charge in [0.1, 0.15) is 18.2 Å². The second-order valence-corrected chi connectivity index (χ2v) is 5.04. The average molecular weight is 252 g/mol. The molecule has 1 atom stereocenters. The van der Waals surface area contributed by atoms with Gasteiger partial charge in [-0.3, -0.25) is 0 Å². The van der Waals surface area contributed by atoms with E-state index in [0.717, 1.165) is 12.2 Å². The lowest BCUT2D eigenvalue weighted by Crippen LogP contribution is -2.18. The van der Waals surface area contributed by atoms with Crippen LogP contribution in [0.2, 0.25) is 0 Å². The first-order valence-electron chi connectivity index (χ1n) is 6.40. The van der Waals surface area contributed by atoms with Crippen molar-refractivity contribution in [3.8, 4) is 0 Å². The van der Waals surface area contributed by atoms with Crippen molar-refractivity contribution in [3.05, 3.63) is 11.9 Å². The summed E-state index contributed by atoms with van der Waals surface area (Å²) in [6.07, 6.45) is 2.31. The second kappa shape index (κ2) is 7.16. The fourth-order valence-electron chi connectivity index (χ4n) is 1.69. The molecule has 0 radical (unpaired) electrons. The number of aromatic nitrogens is 2. The molecule has 5 heteroatoms. The minimum Gasteiger partial charge on any atom is -0.384 e. The highest BCUT2D eigenvalue weighted by atomic mass is 16.5. The number of rotatable bonds is 7. The van der Waals surface area contributed by atoms with E-state index in [0.29, 0.717) is 30.2 Å². The molecule has 1 unspecified atom stereocenters. The van der Waals surface area contributed by atoms with Crippen molar-refractivity contribution in [2.24, 2.45) is 5.92 Å². The maximum absolute atomic E-state index is 5.74. The summed E-state index contributed by atoms with van der Waals surface area (Å²) in [7, 11) is 1.62. The zero-order valence-corrected chi connectivity index (χ0v) is 11.7. The van der Waals surface area contributed by atoms with Gasteiger partial charge in [-0.25, -0.2) is 9.97 Å². The molecule has 0 aromatic carbocycles. The zero-order valence-electron chi connectivity index (χ0n) is 11.7. The van der Waals surface area contributed by atoms with Gasteiger partial charge in [0.2, 0.25) is 0 Å². The van der Waals surface area contributed by atoms with Gasteiger partial charge in [-0.05, 0) is 25.7 Å². The highest BCUT2D eigenvalue weighted by Crippen LogP contribution is 2.13. The lowest BCUT2D eigenvalue weighted by Gasteiger charge is -2.16. The summed E-state index contributed by atoms with van der Waals surface area (Å²) in [5, 5.41) is 3.35. The van der Waals surface area contributed by atoms with Gasteiger partial charge < -0.3 is 15.8 Å². The largest absolute Gasteiger partial charge is 0.384 e. The predicted octanol–water partition coefficient (Wildman–Crippen LogP) is 2.44. The second-order valence-electron chi connectivity index (χ2n) is 5.04. The van der Waals surface area contributed by atoms with Crippen LogP contribution in [0.4, 0.5) is 11.6 Å². The van der Waals surface area contributed by atoms with Gasteiger partial charge in [0, 0.05) is 19.2 Å². The first-order valence-corrected chi connectivity index (χ1v) is 6.40. The summed E-state index contributed by atoms with van der Waals surface area (Å²) in [5.41, 5.74) is 5.74. The molecule has 18 heavy (non-hydrogen) atoms. The Morgan fingerprint density at radius 1 is 1.28 bits per heavy atom. The Balaban J connectivity index is 2.60. The zero-order chi connectivity index (χ0) is 13.5. The molecule has 1 heterocycles. The number of nitrogens with two attached hydrogens (primary N) is 1. The lowest BCUT2D eigenvalue weighted by molar-refractivity contribution is 0.178. The summed E-state index contributed by atoms with van der Waals surface area (Å²) in [4.78, 5) is 8.47. The third-order valence-corrected chi connectivity index (χ3v) is 2.64. The predicted molar refractivity (Wildman–Crippen MR) is 74.3 cm³/mol. The Labute approximate surface area is 109 Å². The molecule has 0 saturated heterocycles. The molecule has 0 spiro atoms. The minimum absolute atomic E-state index is 0.372. The lowest BCUT2D eigenvalue weighted by atomic mass is 10.0. The van der Waals surface area contributed by atoms with Crippen LogP contribution in [-0.4, -0.2) is 23.1 Å². The van der Waals surface area contributed by atoms with Gasteiger partial charge in [-0.2, -0.15) is 0 Å². The van der Waals surface area contributed by atoms with Gasteiger partial charge in [-0.15, -0.1) is 0 Å². The molecule has 1 rings (SSSR count). The first-order chi connectivity index (χ1) is 8.51. The highest BCUT2D eigenvalue weighted by Gasteiger charge is 2.07. The number of nitrogens with zero attached hydrogens (tertiary/aromatic N) is 2. The molecule has 0 bridgehead atoms. The number of nitrogens with one attached hydrogen (secondary N) is 1. The minimum atomic E-state index is 0.372. The van der Waals surface area contributed by atoms with Crippen LogP contribution in [0.15, 0.2) is 6.07 Å². The molecular weight excluding hydrogens is 228 g/mol. The Morgan fingerprint density at radius 2 is 2.00 bits per heavy atom. The Kier molecular flexibility index (Phi) is 5.85. The number of hydrogen-bond donors (Lipinski definition) is 2. The van der Waals surface area contributed by atoms with Crippen molar-refractivity contribution in [2.45, 2.75) is 46.3 Å². The van der Waals surface area contributed by atoms with Crippen LogP contribution in [0.3, 0.4) is 0 Å². The topological polar surface area (TPSA) is 73.1 Å². The van der Waals surface area contributed by atoms with Crippen LogP contribution in [0.25, 0.3) is 0 Å². The first kappa shape index (κ1) is 14.7. The van der Waals surface area contributed by atoms with Crippen LogP contribution in [0.1, 0.15) is 39.4 Å². The summed E-state index contributed by atoms with van der Waals surface area (Å²) < 4.78 is 5.01. The molecule has 1 aromatic heterocycles. The van der Waals surface area contributed by atoms with Crippen LogP contribution >= 0.6 is 0 Å². The maximum atomic E-state index is 5.74. The Morgan fingerprint density at radius 3 is 2.61 bits per heavy atom. The van der Waals surface area contributed by atoms with Crippen molar-refractivity contribution < 1.29 is 4.74 Å². The van der Waals surface area contributed by atoms with E-state index < -0.39 is 0 Å². The number of hydrogen-bond acceptors (Lipinski definition) is 5. The van der Waals surface area contributed by atoms with Crippen molar-refractivity contribution >= 4 is 11.6 Å². The van der Waals surface area contributed by atoms with Crippen molar-refractivity contribution in [3.63, 3.8) is 0 Å². The van der Waals surface area contributed by atoms with E-state index in [1.807, 2.05) is 0 Å². The van der Waals surface area contributed by atoms with Crippen LogP contribution in [0.5, 0.6) is 0 Å². The average Bonchev–Trinajstić information content (AvgIpc) is 2.26. The quantitative estimate of drug-likeness (QED) is 0.779. The molecule has 3 N–H and O–H groups in total. The van der Waals surface area contributed by atoms with E-state index in [2.05, 4.69) is 36.1 Å². The third kappa shape index (κ3) is 5.31. The van der Waals surface area contributed by atoms with Crippen LogP contribution in [-0.2, 0) is 11.3 Å². The smallest absolute Gasteiger partial charge is 0.158 e. The molecule has 0 fully saturated rings. The van der Waals surface area contributed by atoms with E-state index in [-0.39, 0.29) is 0 Å². The van der Waals surface area contributed by atoms with Gasteiger partial charge in [0.25, 0.3) is 0 Å². The number of ether oxygens (including phenoxy) is 1.